The number of carbonyl (C=O) groups is 1. The monoisotopic (exact) mass is 269 g/mol. The number of aryl methyl sites for hydroxylation is 1. The molecule has 0 radical (unpaired) electrons. The van der Waals surface area contributed by atoms with E-state index in [1.807, 2.05) is 26.0 Å². The van der Waals surface area contributed by atoms with E-state index in [0.29, 0.717) is 18.2 Å². The topological polar surface area (TPSA) is 38.3 Å². The molecule has 18 heavy (non-hydrogen) atoms. The smallest absolute Gasteiger partial charge is 0.257 e. The minimum atomic E-state index is -0.113. The standard InChI is InChI=1S/C14H20ClNO2/c1-5-16-14(17)8-18-13-7-11(9(2)3)12(15)6-10(13)4/h6-7,9H,5,8H2,1-4H3,(H,16,17). The predicted molar refractivity (Wildman–Crippen MR) is 74.5 cm³/mol. The van der Waals surface area contributed by atoms with Crippen LogP contribution in [0.4, 0.5) is 0 Å². The molecule has 0 atom stereocenters. The maximum Gasteiger partial charge on any atom is 0.257 e. The highest BCUT2D eigenvalue weighted by Gasteiger charge is 2.11. The number of benzene rings is 1. The van der Waals surface area contributed by atoms with Crippen LogP contribution in [0, 0.1) is 6.92 Å². The van der Waals surface area contributed by atoms with Crippen LogP contribution in [0.25, 0.3) is 0 Å². The fourth-order valence-electron chi connectivity index (χ4n) is 1.66. The number of carbonyl (C=O) groups excluding carboxylic acids is 1. The van der Waals surface area contributed by atoms with Crippen molar-refractivity contribution in [2.45, 2.75) is 33.6 Å². The van der Waals surface area contributed by atoms with Gasteiger partial charge in [0.05, 0.1) is 0 Å². The van der Waals surface area contributed by atoms with Crippen LogP contribution < -0.4 is 10.1 Å². The van der Waals surface area contributed by atoms with Crippen molar-refractivity contribution < 1.29 is 9.53 Å². The van der Waals surface area contributed by atoms with Gasteiger partial charge >= 0.3 is 0 Å². The van der Waals surface area contributed by atoms with Gasteiger partial charge in [-0.05, 0) is 43.0 Å². The van der Waals surface area contributed by atoms with Crippen molar-refractivity contribution in [1.82, 2.24) is 5.32 Å². The Hall–Kier alpha value is -1.22. The molecule has 0 aliphatic rings. The third-order valence-corrected chi connectivity index (χ3v) is 2.98. The van der Waals surface area contributed by atoms with E-state index in [4.69, 9.17) is 16.3 Å². The molecule has 0 spiro atoms. The first-order chi connectivity index (χ1) is 8.45. The van der Waals surface area contributed by atoms with Crippen LogP contribution in [-0.2, 0) is 4.79 Å². The molecule has 0 aromatic heterocycles. The third kappa shape index (κ3) is 3.91. The van der Waals surface area contributed by atoms with E-state index in [2.05, 4.69) is 19.2 Å². The van der Waals surface area contributed by atoms with Gasteiger partial charge in [0.2, 0.25) is 0 Å². The van der Waals surface area contributed by atoms with Crippen LogP contribution in [0.15, 0.2) is 12.1 Å². The van der Waals surface area contributed by atoms with Gasteiger partial charge in [0.1, 0.15) is 5.75 Å². The summed E-state index contributed by atoms with van der Waals surface area (Å²) in [6.07, 6.45) is 0. The highest BCUT2D eigenvalue weighted by atomic mass is 35.5. The van der Waals surface area contributed by atoms with Crippen molar-refractivity contribution in [3.05, 3.63) is 28.3 Å². The summed E-state index contributed by atoms with van der Waals surface area (Å²) >= 11 is 6.17. The summed E-state index contributed by atoms with van der Waals surface area (Å²) in [5.41, 5.74) is 1.97. The first kappa shape index (κ1) is 14.8. The molecule has 1 aromatic rings. The lowest BCUT2D eigenvalue weighted by atomic mass is 10.0. The Labute approximate surface area is 113 Å². The molecular weight excluding hydrogens is 250 g/mol. The maximum atomic E-state index is 11.4. The number of rotatable bonds is 5. The second-order valence-corrected chi connectivity index (χ2v) is 4.94. The quantitative estimate of drug-likeness (QED) is 0.891. The third-order valence-electron chi connectivity index (χ3n) is 2.65. The van der Waals surface area contributed by atoms with Gasteiger partial charge in [0.15, 0.2) is 6.61 Å². The molecule has 0 saturated heterocycles. The van der Waals surface area contributed by atoms with Gasteiger partial charge < -0.3 is 10.1 Å². The average Bonchev–Trinajstić information content (AvgIpc) is 2.27. The molecule has 100 valence electrons. The zero-order chi connectivity index (χ0) is 13.7. The van der Waals surface area contributed by atoms with E-state index in [1.54, 1.807) is 0 Å². The lowest BCUT2D eigenvalue weighted by molar-refractivity contribution is -0.122. The highest BCUT2D eigenvalue weighted by molar-refractivity contribution is 6.31. The van der Waals surface area contributed by atoms with Crippen LogP contribution >= 0.6 is 11.6 Å². The largest absolute Gasteiger partial charge is 0.483 e. The first-order valence-corrected chi connectivity index (χ1v) is 6.53. The molecular formula is C14H20ClNO2. The van der Waals surface area contributed by atoms with Gasteiger partial charge in [-0.15, -0.1) is 0 Å². The van der Waals surface area contributed by atoms with Crippen molar-refractivity contribution in [3.8, 4) is 5.75 Å². The van der Waals surface area contributed by atoms with Crippen molar-refractivity contribution in [3.63, 3.8) is 0 Å². The van der Waals surface area contributed by atoms with Gasteiger partial charge in [0, 0.05) is 11.6 Å². The van der Waals surface area contributed by atoms with Crippen molar-refractivity contribution >= 4 is 17.5 Å². The van der Waals surface area contributed by atoms with Gasteiger partial charge in [-0.25, -0.2) is 0 Å². The lowest BCUT2D eigenvalue weighted by Crippen LogP contribution is -2.28. The Balaban J connectivity index is 2.82. The van der Waals surface area contributed by atoms with Gasteiger partial charge in [-0.1, -0.05) is 25.4 Å². The lowest BCUT2D eigenvalue weighted by Gasteiger charge is -2.14. The molecule has 0 fully saturated rings. The van der Waals surface area contributed by atoms with Crippen LogP contribution in [-0.4, -0.2) is 19.1 Å². The van der Waals surface area contributed by atoms with Crippen LogP contribution in [0.5, 0.6) is 5.75 Å². The zero-order valence-corrected chi connectivity index (χ0v) is 12.1. The molecule has 1 rings (SSSR count). The van der Waals surface area contributed by atoms with Crippen molar-refractivity contribution in [2.75, 3.05) is 13.2 Å². The van der Waals surface area contributed by atoms with Crippen molar-refractivity contribution in [2.24, 2.45) is 0 Å². The SMILES string of the molecule is CCNC(=O)COc1cc(C(C)C)c(Cl)cc1C. The predicted octanol–water partition coefficient (Wildman–Crippen LogP) is 3.29. The zero-order valence-electron chi connectivity index (χ0n) is 11.3. The summed E-state index contributed by atoms with van der Waals surface area (Å²) in [6, 6.07) is 3.80. The second-order valence-electron chi connectivity index (χ2n) is 4.54. The number of amides is 1. The molecule has 0 saturated carbocycles. The van der Waals surface area contributed by atoms with Crippen LogP contribution in [0.3, 0.4) is 0 Å². The van der Waals surface area contributed by atoms with E-state index in [1.165, 1.54) is 0 Å². The Morgan fingerprint density at radius 2 is 2.11 bits per heavy atom. The molecule has 0 unspecified atom stereocenters. The van der Waals surface area contributed by atoms with Gasteiger partial charge in [-0.2, -0.15) is 0 Å². The fourth-order valence-corrected chi connectivity index (χ4v) is 2.09. The molecule has 0 aliphatic heterocycles. The molecule has 0 bridgehead atoms. The van der Waals surface area contributed by atoms with E-state index in [9.17, 15) is 4.79 Å². The van der Waals surface area contributed by atoms with E-state index < -0.39 is 0 Å². The molecule has 1 aromatic carbocycles. The Bertz CT molecular complexity index is 430. The van der Waals surface area contributed by atoms with E-state index in [-0.39, 0.29) is 12.5 Å². The Morgan fingerprint density at radius 1 is 1.44 bits per heavy atom. The minimum absolute atomic E-state index is 0.0356. The molecule has 1 N–H and O–H groups in total. The number of ether oxygens (including phenoxy) is 1. The summed E-state index contributed by atoms with van der Waals surface area (Å²) in [6.45, 7) is 8.59. The molecule has 0 aliphatic carbocycles. The maximum absolute atomic E-state index is 11.4. The van der Waals surface area contributed by atoms with Crippen LogP contribution in [0.1, 0.15) is 37.8 Å². The summed E-state index contributed by atoms with van der Waals surface area (Å²) < 4.78 is 5.53. The van der Waals surface area contributed by atoms with Gasteiger partial charge in [-0.3, -0.25) is 4.79 Å². The highest BCUT2D eigenvalue weighted by Crippen LogP contribution is 2.31. The van der Waals surface area contributed by atoms with E-state index in [0.717, 1.165) is 16.1 Å². The number of halogens is 1. The Morgan fingerprint density at radius 3 is 2.67 bits per heavy atom. The molecule has 4 heteroatoms. The summed E-state index contributed by atoms with van der Waals surface area (Å²) in [5, 5.41) is 3.44. The Kier molecular flexibility index (Phi) is 5.48. The molecule has 3 nitrogen and oxygen atoms in total. The normalized spacial score (nSPS) is 10.6. The molecule has 0 heterocycles. The number of hydrogen-bond donors (Lipinski definition) is 1. The van der Waals surface area contributed by atoms with Gasteiger partial charge in [0.25, 0.3) is 5.91 Å². The average molecular weight is 270 g/mol. The number of nitrogens with one attached hydrogen (secondary N) is 1. The van der Waals surface area contributed by atoms with Crippen molar-refractivity contribution in [1.29, 1.82) is 0 Å². The summed E-state index contributed by atoms with van der Waals surface area (Å²) in [7, 11) is 0. The summed E-state index contributed by atoms with van der Waals surface area (Å²) in [4.78, 5) is 11.4. The second kappa shape index (κ2) is 6.64. The van der Waals surface area contributed by atoms with Crippen LogP contribution in [0.2, 0.25) is 5.02 Å². The van der Waals surface area contributed by atoms with E-state index >= 15 is 0 Å². The number of likely N-dealkylation sites (N-methyl/N-ethyl adjacent to an activating group) is 1. The first-order valence-electron chi connectivity index (χ1n) is 6.15. The fraction of sp³-hybridized carbons (Fsp3) is 0.500. The summed E-state index contributed by atoms with van der Waals surface area (Å²) in [5.74, 6) is 0.928. The molecule has 1 amide bonds. The minimum Gasteiger partial charge on any atom is -0.483 e. The number of hydrogen-bond acceptors (Lipinski definition) is 2.